The van der Waals surface area contributed by atoms with Crippen LogP contribution in [0.15, 0.2) is 58.5 Å². The molecular formula is C23H24ClFN4OS. The van der Waals surface area contributed by atoms with Gasteiger partial charge in [-0.15, -0.1) is 0 Å². The number of anilines is 1. The molecule has 1 saturated heterocycles. The van der Waals surface area contributed by atoms with Crippen molar-refractivity contribution in [1.29, 1.82) is 0 Å². The number of para-hydroxylation sites is 1. The van der Waals surface area contributed by atoms with Gasteiger partial charge in [-0.05, 0) is 30.8 Å². The van der Waals surface area contributed by atoms with Gasteiger partial charge in [0, 0.05) is 36.5 Å². The normalized spacial score (nSPS) is 18.0. The van der Waals surface area contributed by atoms with E-state index < -0.39 is 11.5 Å². The van der Waals surface area contributed by atoms with Crippen LogP contribution in [-0.4, -0.2) is 52.6 Å². The zero-order chi connectivity index (χ0) is 21.8. The Morgan fingerprint density at radius 3 is 2.55 bits per heavy atom. The van der Waals surface area contributed by atoms with Gasteiger partial charge < -0.3 is 10.2 Å². The van der Waals surface area contributed by atoms with Crippen LogP contribution in [0.5, 0.6) is 0 Å². The minimum Gasteiger partial charge on any atom is -0.323 e. The summed E-state index contributed by atoms with van der Waals surface area (Å²) in [6.07, 6.45) is 1.70. The third-order valence-corrected chi connectivity index (χ3v) is 6.76. The second-order valence-corrected chi connectivity index (χ2v) is 9.02. The second kappa shape index (κ2) is 9.51. The summed E-state index contributed by atoms with van der Waals surface area (Å²) in [5.41, 5.74) is 1.44. The number of halogens is 2. The molecule has 0 saturated carbocycles. The van der Waals surface area contributed by atoms with Crippen molar-refractivity contribution in [3.63, 3.8) is 0 Å². The number of benzene rings is 2. The highest BCUT2D eigenvalue weighted by molar-refractivity contribution is 8.16. The van der Waals surface area contributed by atoms with E-state index in [0.29, 0.717) is 5.02 Å². The van der Waals surface area contributed by atoms with Crippen LogP contribution in [0.2, 0.25) is 5.02 Å². The molecule has 0 aromatic heterocycles. The van der Waals surface area contributed by atoms with E-state index in [-0.39, 0.29) is 17.3 Å². The maximum absolute atomic E-state index is 13.8. The number of hydrogen-bond donors (Lipinski definition) is 1. The summed E-state index contributed by atoms with van der Waals surface area (Å²) in [5, 5.41) is 4.03. The maximum Gasteiger partial charge on any atom is 0.234 e. The van der Waals surface area contributed by atoms with Gasteiger partial charge in [0.15, 0.2) is 5.66 Å². The van der Waals surface area contributed by atoms with Crippen molar-refractivity contribution >= 4 is 45.7 Å². The Morgan fingerprint density at radius 1 is 1.16 bits per heavy atom. The second-order valence-electron chi connectivity index (χ2n) is 7.62. The van der Waals surface area contributed by atoms with Gasteiger partial charge in [-0.3, -0.25) is 9.79 Å². The van der Waals surface area contributed by atoms with Gasteiger partial charge in [0.1, 0.15) is 10.9 Å². The van der Waals surface area contributed by atoms with E-state index in [1.165, 1.54) is 17.8 Å². The molecule has 1 spiro atoms. The Morgan fingerprint density at radius 2 is 1.87 bits per heavy atom. The van der Waals surface area contributed by atoms with Gasteiger partial charge >= 0.3 is 0 Å². The lowest BCUT2D eigenvalue weighted by Crippen LogP contribution is -2.41. The van der Waals surface area contributed by atoms with Crippen LogP contribution in [0.25, 0.3) is 0 Å². The van der Waals surface area contributed by atoms with E-state index in [9.17, 15) is 9.18 Å². The fourth-order valence-electron chi connectivity index (χ4n) is 3.75. The Labute approximate surface area is 190 Å². The molecule has 0 atom stereocenters. The van der Waals surface area contributed by atoms with E-state index in [2.05, 4.69) is 17.1 Å². The topological polar surface area (TPSA) is 57.1 Å². The Kier molecular flexibility index (Phi) is 6.74. The number of rotatable bonds is 5. The van der Waals surface area contributed by atoms with Crippen molar-refractivity contribution in [2.45, 2.75) is 25.4 Å². The van der Waals surface area contributed by atoms with Gasteiger partial charge in [-0.1, -0.05) is 54.6 Å². The Hall–Kier alpha value is -2.22. The van der Waals surface area contributed by atoms with Crippen molar-refractivity contribution in [2.75, 3.05) is 30.7 Å². The van der Waals surface area contributed by atoms with Crippen LogP contribution in [0.3, 0.4) is 0 Å². The largest absolute Gasteiger partial charge is 0.323 e. The number of carbonyl (C=O) groups excluding carboxylic acids is 1. The fraction of sp³-hybridized carbons (Fsp3) is 0.348. The molecular weight excluding hydrogens is 435 g/mol. The first kappa shape index (κ1) is 22.0. The summed E-state index contributed by atoms with van der Waals surface area (Å²) >= 11 is 7.39. The smallest absolute Gasteiger partial charge is 0.234 e. The first-order chi connectivity index (χ1) is 15.0. The zero-order valence-corrected chi connectivity index (χ0v) is 18.8. The molecule has 5 nitrogen and oxygen atoms in total. The SMILES string of the molecule is CCN1CCC2(CC1)N=C(SCC(=O)Nc1ccccc1F)C(c1ccc(Cl)cc1)=N2. The van der Waals surface area contributed by atoms with Crippen LogP contribution in [0, 0.1) is 5.82 Å². The van der Waals surface area contributed by atoms with Crippen molar-refractivity contribution in [3.8, 4) is 0 Å². The standard InChI is InChI=1S/C23H24ClFN4OS/c1-2-29-13-11-23(12-14-29)27-21(16-7-9-17(24)10-8-16)22(28-23)31-15-20(30)26-19-6-4-3-5-18(19)25/h3-10H,2,11-15H2,1H3,(H,26,30). The first-order valence-corrected chi connectivity index (χ1v) is 11.7. The Bertz CT molecular complexity index is 1020. The summed E-state index contributed by atoms with van der Waals surface area (Å²) in [7, 11) is 0. The van der Waals surface area contributed by atoms with Gasteiger partial charge in [-0.2, -0.15) is 0 Å². The van der Waals surface area contributed by atoms with Crippen LogP contribution in [0.4, 0.5) is 10.1 Å². The molecule has 162 valence electrons. The van der Waals surface area contributed by atoms with Crippen molar-refractivity contribution in [3.05, 3.63) is 64.9 Å². The molecule has 2 heterocycles. The molecule has 1 fully saturated rings. The molecule has 8 heteroatoms. The molecule has 1 N–H and O–H groups in total. The number of nitrogens with zero attached hydrogens (tertiary/aromatic N) is 3. The molecule has 2 aromatic rings. The average molecular weight is 459 g/mol. The fourth-order valence-corrected chi connectivity index (χ4v) is 4.75. The number of piperidine rings is 1. The lowest BCUT2D eigenvalue weighted by molar-refractivity contribution is -0.113. The number of nitrogens with one attached hydrogen (secondary N) is 1. The van der Waals surface area contributed by atoms with Crippen molar-refractivity contribution < 1.29 is 9.18 Å². The molecule has 0 bridgehead atoms. The third kappa shape index (κ3) is 5.17. The van der Waals surface area contributed by atoms with Crippen LogP contribution in [0.1, 0.15) is 25.3 Å². The predicted octanol–water partition coefficient (Wildman–Crippen LogP) is 4.86. The number of hydrogen-bond acceptors (Lipinski definition) is 5. The number of thioether (sulfide) groups is 1. The third-order valence-electron chi connectivity index (χ3n) is 5.54. The molecule has 2 aromatic carbocycles. The maximum atomic E-state index is 13.8. The lowest BCUT2D eigenvalue weighted by Gasteiger charge is -2.34. The number of carbonyl (C=O) groups is 1. The van der Waals surface area contributed by atoms with Crippen molar-refractivity contribution in [2.24, 2.45) is 9.98 Å². The Balaban J connectivity index is 1.51. The van der Waals surface area contributed by atoms with E-state index in [0.717, 1.165) is 48.8 Å². The van der Waals surface area contributed by atoms with E-state index in [4.69, 9.17) is 21.6 Å². The highest BCUT2D eigenvalue weighted by Crippen LogP contribution is 2.35. The van der Waals surface area contributed by atoms with E-state index >= 15 is 0 Å². The average Bonchev–Trinajstić information content (AvgIpc) is 3.13. The summed E-state index contributed by atoms with van der Waals surface area (Å²) in [6.45, 7) is 5.07. The molecule has 0 unspecified atom stereocenters. The molecule has 1 amide bonds. The lowest BCUT2D eigenvalue weighted by atomic mass is 9.98. The van der Waals surface area contributed by atoms with E-state index in [1.54, 1.807) is 18.2 Å². The minimum absolute atomic E-state index is 0.122. The van der Waals surface area contributed by atoms with Crippen LogP contribution < -0.4 is 5.32 Å². The molecule has 2 aliphatic rings. The van der Waals surface area contributed by atoms with Crippen LogP contribution >= 0.6 is 23.4 Å². The molecule has 0 aliphatic carbocycles. The van der Waals surface area contributed by atoms with Gasteiger partial charge in [-0.25, -0.2) is 9.38 Å². The van der Waals surface area contributed by atoms with Gasteiger partial charge in [0.2, 0.25) is 5.91 Å². The number of amides is 1. The molecule has 31 heavy (non-hydrogen) atoms. The van der Waals surface area contributed by atoms with E-state index in [1.807, 2.05) is 24.3 Å². The number of aliphatic imine (C=N–C) groups is 2. The minimum atomic E-state index is -0.467. The summed E-state index contributed by atoms with van der Waals surface area (Å²) in [4.78, 5) is 24.9. The summed E-state index contributed by atoms with van der Waals surface area (Å²) in [6, 6.07) is 13.7. The predicted molar refractivity (Wildman–Crippen MR) is 127 cm³/mol. The monoisotopic (exact) mass is 458 g/mol. The summed E-state index contributed by atoms with van der Waals surface area (Å²) in [5.74, 6) is -0.615. The summed E-state index contributed by atoms with van der Waals surface area (Å²) < 4.78 is 13.8. The molecule has 2 aliphatic heterocycles. The number of likely N-dealkylation sites (tertiary alicyclic amines) is 1. The van der Waals surface area contributed by atoms with Crippen molar-refractivity contribution in [1.82, 2.24) is 4.90 Å². The van der Waals surface area contributed by atoms with Gasteiger partial charge in [0.25, 0.3) is 0 Å². The first-order valence-electron chi connectivity index (χ1n) is 10.3. The molecule has 4 rings (SSSR count). The molecule has 0 radical (unpaired) electrons. The highest BCUT2D eigenvalue weighted by atomic mass is 35.5. The highest BCUT2D eigenvalue weighted by Gasteiger charge is 2.39. The quantitative estimate of drug-likeness (QED) is 0.695. The van der Waals surface area contributed by atoms with Crippen LogP contribution in [-0.2, 0) is 4.79 Å². The van der Waals surface area contributed by atoms with Gasteiger partial charge in [0.05, 0.1) is 17.2 Å². The zero-order valence-electron chi connectivity index (χ0n) is 17.3.